The van der Waals surface area contributed by atoms with Crippen molar-refractivity contribution in [1.29, 1.82) is 0 Å². The molecule has 0 aliphatic carbocycles. The highest BCUT2D eigenvalue weighted by atomic mass is 16.5. The Kier molecular flexibility index (Phi) is 7.76. The molecule has 0 saturated carbocycles. The number of para-hydroxylation sites is 4. The molecule has 0 spiro atoms. The van der Waals surface area contributed by atoms with E-state index in [4.69, 9.17) is 14.2 Å². The zero-order valence-corrected chi connectivity index (χ0v) is 17.2. The lowest BCUT2D eigenvalue weighted by atomic mass is 10.1. The monoisotopic (exact) mass is 398 g/mol. The topological polar surface area (TPSA) is 60.0 Å². The summed E-state index contributed by atoms with van der Waals surface area (Å²) in [4.78, 5) is 14.6. The molecule has 2 aromatic rings. The quantitative estimate of drug-likeness (QED) is 0.693. The van der Waals surface area contributed by atoms with Gasteiger partial charge in [-0.25, -0.2) is 0 Å². The predicted molar refractivity (Wildman–Crippen MR) is 114 cm³/mol. The highest BCUT2D eigenvalue weighted by Crippen LogP contribution is 2.29. The Hall–Kier alpha value is -2.73. The molecule has 29 heavy (non-hydrogen) atoms. The third kappa shape index (κ3) is 6.12. The molecule has 156 valence electrons. The normalized spacial score (nSPS) is 15.0. The van der Waals surface area contributed by atoms with Crippen LogP contribution in [0.3, 0.4) is 0 Å². The third-order valence-corrected chi connectivity index (χ3v) is 5.01. The molecule has 1 N–H and O–H groups in total. The maximum atomic E-state index is 12.3. The molecule has 1 aliphatic heterocycles. The molecule has 1 saturated heterocycles. The van der Waals surface area contributed by atoms with Crippen molar-refractivity contribution in [2.24, 2.45) is 0 Å². The maximum Gasteiger partial charge on any atom is 0.225 e. The summed E-state index contributed by atoms with van der Waals surface area (Å²) in [7, 11) is 1.60. The first-order valence-electron chi connectivity index (χ1n) is 10.2. The van der Waals surface area contributed by atoms with Crippen LogP contribution in [-0.4, -0.2) is 50.3 Å². The molecule has 0 aromatic heterocycles. The molecule has 1 heterocycles. The summed E-state index contributed by atoms with van der Waals surface area (Å²) < 4.78 is 17.1. The van der Waals surface area contributed by atoms with Gasteiger partial charge in [0.2, 0.25) is 5.91 Å². The van der Waals surface area contributed by atoms with Crippen LogP contribution >= 0.6 is 0 Å². The maximum absolute atomic E-state index is 12.3. The highest BCUT2D eigenvalue weighted by Gasteiger charge is 2.22. The highest BCUT2D eigenvalue weighted by molar-refractivity contribution is 5.92. The van der Waals surface area contributed by atoms with E-state index in [2.05, 4.69) is 10.2 Å². The first-order chi connectivity index (χ1) is 14.2. The fraction of sp³-hybridized carbons (Fsp3) is 0.435. The summed E-state index contributed by atoms with van der Waals surface area (Å²) in [5, 5.41) is 2.93. The van der Waals surface area contributed by atoms with E-state index < -0.39 is 0 Å². The standard InChI is InChI=1S/C23H30N2O4/c1-3-28-21-10-6-7-11-22(21)29-18-12-15-25(16-13-18)17-14-23(26)24-19-8-4-5-9-20(19)27-2/h4-11,18H,3,12-17H2,1-2H3,(H,24,26). The van der Waals surface area contributed by atoms with Crippen molar-refractivity contribution >= 4 is 11.6 Å². The van der Waals surface area contributed by atoms with Gasteiger partial charge in [-0.3, -0.25) is 4.79 Å². The van der Waals surface area contributed by atoms with E-state index in [0.717, 1.165) is 44.0 Å². The minimum absolute atomic E-state index is 0.00137. The summed E-state index contributed by atoms with van der Waals surface area (Å²) in [6.45, 7) is 5.17. The average molecular weight is 399 g/mol. The molecule has 0 radical (unpaired) electrons. The number of nitrogens with one attached hydrogen (secondary N) is 1. The number of hydrogen-bond acceptors (Lipinski definition) is 5. The van der Waals surface area contributed by atoms with E-state index in [1.165, 1.54) is 0 Å². The van der Waals surface area contributed by atoms with Gasteiger partial charge in [-0.05, 0) is 44.0 Å². The minimum Gasteiger partial charge on any atom is -0.495 e. The summed E-state index contributed by atoms with van der Waals surface area (Å²) in [6.07, 6.45) is 2.51. The molecule has 0 unspecified atom stereocenters. The molecule has 6 nitrogen and oxygen atoms in total. The number of anilines is 1. The van der Waals surface area contributed by atoms with E-state index in [-0.39, 0.29) is 12.0 Å². The zero-order chi connectivity index (χ0) is 20.5. The van der Waals surface area contributed by atoms with Crippen molar-refractivity contribution in [3.8, 4) is 17.2 Å². The molecular formula is C23H30N2O4. The number of methoxy groups -OCH3 is 1. The Morgan fingerprint density at radius 2 is 1.69 bits per heavy atom. The van der Waals surface area contributed by atoms with Crippen molar-refractivity contribution in [2.75, 3.05) is 38.7 Å². The Bertz CT molecular complexity index is 788. The lowest BCUT2D eigenvalue weighted by Gasteiger charge is -2.32. The molecule has 1 amide bonds. The first-order valence-corrected chi connectivity index (χ1v) is 10.2. The lowest BCUT2D eigenvalue weighted by Crippen LogP contribution is -2.39. The fourth-order valence-corrected chi connectivity index (χ4v) is 3.47. The summed E-state index contributed by atoms with van der Waals surface area (Å²) >= 11 is 0. The van der Waals surface area contributed by atoms with Crippen LogP contribution in [0.2, 0.25) is 0 Å². The van der Waals surface area contributed by atoms with Gasteiger partial charge < -0.3 is 24.4 Å². The largest absolute Gasteiger partial charge is 0.495 e. The number of carbonyl (C=O) groups is 1. The molecular weight excluding hydrogens is 368 g/mol. The second-order valence-electron chi connectivity index (χ2n) is 7.04. The van der Waals surface area contributed by atoms with Crippen molar-refractivity contribution in [2.45, 2.75) is 32.3 Å². The van der Waals surface area contributed by atoms with E-state index in [0.29, 0.717) is 24.5 Å². The van der Waals surface area contributed by atoms with Crippen LogP contribution in [-0.2, 0) is 4.79 Å². The van der Waals surface area contributed by atoms with E-state index in [9.17, 15) is 4.79 Å². The number of benzene rings is 2. The summed E-state index contributed by atoms with van der Waals surface area (Å²) in [5.74, 6) is 2.28. The number of carbonyl (C=O) groups excluding carboxylic acids is 1. The van der Waals surface area contributed by atoms with Crippen LogP contribution < -0.4 is 19.5 Å². The van der Waals surface area contributed by atoms with Crippen molar-refractivity contribution in [1.82, 2.24) is 4.90 Å². The van der Waals surface area contributed by atoms with E-state index in [1.807, 2.05) is 55.5 Å². The minimum atomic E-state index is -0.00137. The smallest absolute Gasteiger partial charge is 0.225 e. The molecule has 0 bridgehead atoms. The van der Waals surface area contributed by atoms with Gasteiger partial charge >= 0.3 is 0 Å². The molecule has 0 atom stereocenters. The molecule has 1 fully saturated rings. The van der Waals surface area contributed by atoms with Crippen LogP contribution in [0.25, 0.3) is 0 Å². The Morgan fingerprint density at radius 1 is 1.03 bits per heavy atom. The Labute approximate surface area is 172 Å². The molecule has 1 aliphatic rings. The number of rotatable bonds is 9. The average Bonchev–Trinajstić information content (AvgIpc) is 2.75. The third-order valence-electron chi connectivity index (χ3n) is 5.01. The van der Waals surface area contributed by atoms with E-state index >= 15 is 0 Å². The van der Waals surface area contributed by atoms with E-state index in [1.54, 1.807) is 7.11 Å². The van der Waals surface area contributed by atoms with Gasteiger partial charge in [0.15, 0.2) is 11.5 Å². The van der Waals surface area contributed by atoms with Crippen molar-refractivity contribution < 1.29 is 19.0 Å². The van der Waals surface area contributed by atoms with Gasteiger partial charge in [-0.1, -0.05) is 24.3 Å². The Balaban J connectivity index is 1.41. The number of ether oxygens (including phenoxy) is 3. The van der Waals surface area contributed by atoms with Crippen LogP contribution in [0.5, 0.6) is 17.2 Å². The van der Waals surface area contributed by atoms with Gasteiger partial charge in [0.1, 0.15) is 11.9 Å². The number of amides is 1. The molecule has 2 aromatic carbocycles. The second-order valence-corrected chi connectivity index (χ2v) is 7.04. The van der Waals surface area contributed by atoms with Crippen LogP contribution in [0.4, 0.5) is 5.69 Å². The van der Waals surface area contributed by atoms with Gasteiger partial charge in [0, 0.05) is 26.1 Å². The number of hydrogen-bond donors (Lipinski definition) is 1. The second kappa shape index (κ2) is 10.7. The first kappa shape index (κ1) is 21.0. The Morgan fingerprint density at radius 3 is 2.38 bits per heavy atom. The van der Waals surface area contributed by atoms with Crippen LogP contribution in [0.15, 0.2) is 48.5 Å². The number of likely N-dealkylation sites (tertiary alicyclic amines) is 1. The van der Waals surface area contributed by atoms with Crippen molar-refractivity contribution in [3.05, 3.63) is 48.5 Å². The summed E-state index contributed by atoms with van der Waals surface area (Å²) in [5.41, 5.74) is 0.708. The number of nitrogens with zero attached hydrogens (tertiary/aromatic N) is 1. The van der Waals surface area contributed by atoms with Crippen molar-refractivity contribution in [3.63, 3.8) is 0 Å². The molecule has 6 heteroatoms. The predicted octanol–water partition coefficient (Wildman–Crippen LogP) is 3.97. The van der Waals surface area contributed by atoms with Crippen LogP contribution in [0, 0.1) is 0 Å². The van der Waals surface area contributed by atoms with Gasteiger partial charge in [0.05, 0.1) is 19.4 Å². The fourth-order valence-electron chi connectivity index (χ4n) is 3.47. The SMILES string of the molecule is CCOc1ccccc1OC1CCN(CCC(=O)Nc2ccccc2OC)CC1. The van der Waals surface area contributed by atoms with Crippen LogP contribution in [0.1, 0.15) is 26.2 Å². The van der Waals surface area contributed by atoms with Gasteiger partial charge in [-0.15, -0.1) is 0 Å². The van der Waals surface area contributed by atoms with Gasteiger partial charge in [0.25, 0.3) is 0 Å². The zero-order valence-electron chi connectivity index (χ0n) is 17.2. The lowest BCUT2D eigenvalue weighted by molar-refractivity contribution is -0.116. The summed E-state index contributed by atoms with van der Waals surface area (Å²) in [6, 6.07) is 15.3. The molecule has 3 rings (SSSR count). The number of piperidine rings is 1. The van der Waals surface area contributed by atoms with Gasteiger partial charge in [-0.2, -0.15) is 0 Å².